The van der Waals surface area contributed by atoms with Crippen LogP contribution < -0.4 is 26.0 Å². The molecular weight excluding hydrogens is 831 g/mol. The number of aliphatic hydroxyl groups is 1. The highest BCUT2D eigenvalue weighted by molar-refractivity contribution is 6.02. The van der Waals surface area contributed by atoms with Crippen molar-refractivity contribution in [3.63, 3.8) is 0 Å². The number of aliphatic hydroxyl groups excluding tert-OH is 1. The van der Waals surface area contributed by atoms with Crippen molar-refractivity contribution in [2.24, 2.45) is 5.92 Å². The summed E-state index contributed by atoms with van der Waals surface area (Å²) >= 11 is 0. The Morgan fingerprint density at radius 3 is 1.87 bits per heavy atom. The van der Waals surface area contributed by atoms with Crippen LogP contribution in [0.15, 0.2) is 54.6 Å². The molecule has 0 bridgehead atoms. The summed E-state index contributed by atoms with van der Waals surface area (Å²) in [7, 11) is 2.11. The number of benzene rings is 3. The standard InChI is InChI=1S/C43H47FN4O15/c1-20(2)14-31(40(57)45-29(12-13-35(53)60-4)39(56)48-37(21(3)49)41(58)46-30(32(52)19-44)18-36(54)61-5)47-38(55)22-6-9-25-28(15-22)43(63-42(25)59)26-10-7-23(50)16-33(26)62-34-17-24(51)8-11-27(34)43/h6-11,15-17,20-21,29-31,37,49-51H,12-14,18-19H2,1-5H3,(H,45,57)(H,46,58)(H,47,55)(H,48,56)/t21?,29-,30?,31-,37-/m0/s1. The van der Waals surface area contributed by atoms with E-state index in [1.165, 1.54) is 54.6 Å². The third-order valence-corrected chi connectivity index (χ3v) is 10.4. The number of alkyl halides is 1. The summed E-state index contributed by atoms with van der Waals surface area (Å²) in [6.07, 6.45) is -3.18. The lowest BCUT2D eigenvalue weighted by Gasteiger charge is -2.36. The van der Waals surface area contributed by atoms with Crippen molar-refractivity contribution in [2.75, 3.05) is 20.9 Å². The third kappa shape index (κ3) is 10.3. The fourth-order valence-electron chi connectivity index (χ4n) is 7.20. The summed E-state index contributed by atoms with van der Waals surface area (Å²) in [5.74, 6) is -7.95. The molecule has 0 fully saturated rings. The van der Waals surface area contributed by atoms with Crippen LogP contribution in [0.1, 0.15) is 83.9 Å². The highest BCUT2D eigenvalue weighted by Crippen LogP contribution is 2.57. The smallest absolute Gasteiger partial charge is 0.340 e. The maximum Gasteiger partial charge on any atom is 0.340 e. The lowest BCUT2D eigenvalue weighted by atomic mass is 9.77. The van der Waals surface area contributed by atoms with Crippen LogP contribution in [0, 0.1) is 5.92 Å². The summed E-state index contributed by atoms with van der Waals surface area (Å²) in [6, 6.07) is 6.01. The SMILES string of the molecule is COC(=O)CC[C@H](NC(=O)[C@H](CC(C)C)NC(=O)c1ccc2c(c1)C1(OC2=O)c2ccc(O)cc2Oc2cc(O)ccc21)C(=O)N[C@H](C(=O)NC(CC(=O)OC)C(=O)CF)C(C)O. The number of nitrogens with one attached hydrogen (secondary N) is 4. The average molecular weight is 879 g/mol. The summed E-state index contributed by atoms with van der Waals surface area (Å²) in [5.41, 5.74) is -0.799. The zero-order valence-electron chi connectivity index (χ0n) is 34.8. The van der Waals surface area contributed by atoms with Crippen LogP contribution in [-0.4, -0.2) is 114 Å². The largest absolute Gasteiger partial charge is 0.508 e. The molecule has 3 aromatic rings. The lowest BCUT2D eigenvalue weighted by molar-refractivity contribution is -0.144. The van der Waals surface area contributed by atoms with Gasteiger partial charge in [0.25, 0.3) is 5.91 Å². The molecule has 2 heterocycles. The third-order valence-electron chi connectivity index (χ3n) is 10.4. The first kappa shape index (κ1) is 47.0. The van der Waals surface area contributed by atoms with Crippen LogP contribution in [0.4, 0.5) is 4.39 Å². The molecule has 20 heteroatoms. The molecule has 63 heavy (non-hydrogen) atoms. The number of amides is 4. The number of phenolic OH excluding ortho intramolecular Hbond substituents is 2. The van der Waals surface area contributed by atoms with E-state index in [-0.39, 0.29) is 52.0 Å². The Balaban J connectivity index is 1.42. The molecule has 5 rings (SSSR count). The molecule has 2 unspecified atom stereocenters. The molecule has 1 spiro atoms. The topological polar surface area (TPSA) is 282 Å². The molecule has 0 radical (unpaired) electrons. The highest BCUT2D eigenvalue weighted by atomic mass is 19.1. The van der Waals surface area contributed by atoms with Crippen molar-refractivity contribution in [1.82, 2.24) is 21.3 Å². The van der Waals surface area contributed by atoms with E-state index in [1.807, 2.05) is 0 Å². The fraction of sp³-hybridized carbons (Fsp3) is 0.395. The van der Waals surface area contributed by atoms with E-state index in [0.717, 1.165) is 21.1 Å². The number of hydrogen-bond acceptors (Lipinski definition) is 15. The number of methoxy groups -OCH3 is 2. The maximum atomic E-state index is 14.1. The molecule has 0 saturated heterocycles. The maximum absolute atomic E-state index is 14.1. The van der Waals surface area contributed by atoms with Gasteiger partial charge < -0.3 is 55.5 Å². The normalized spacial score (nSPS) is 15.4. The molecule has 4 amide bonds. The molecule has 7 N–H and O–H groups in total. The number of rotatable bonds is 18. The lowest BCUT2D eigenvalue weighted by Crippen LogP contribution is -2.60. The summed E-state index contributed by atoms with van der Waals surface area (Å²) in [5, 5.41) is 40.6. The monoisotopic (exact) mass is 878 g/mol. The Labute approximate surface area is 359 Å². The number of Topliss-reactive ketones (excluding diaryl/α,β-unsaturated/α-hetero) is 1. The van der Waals surface area contributed by atoms with Gasteiger partial charge in [0.2, 0.25) is 17.7 Å². The van der Waals surface area contributed by atoms with Crippen molar-refractivity contribution in [1.29, 1.82) is 0 Å². The van der Waals surface area contributed by atoms with Crippen LogP contribution in [0.25, 0.3) is 0 Å². The van der Waals surface area contributed by atoms with Crippen LogP contribution in [-0.2, 0) is 48.6 Å². The van der Waals surface area contributed by atoms with E-state index >= 15 is 0 Å². The van der Waals surface area contributed by atoms with Gasteiger partial charge in [-0.1, -0.05) is 13.8 Å². The Morgan fingerprint density at radius 2 is 1.32 bits per heavy atom. The summed E-state index contributed by atoms with van der Waals surface area (Å²) in [6.45, 7) is 3.09. The van der Waals surface area contributed by atoms with Crippen molar-refractivity contribution in [3.05, 3.63) is 82.4 Å². The number of esters is 3. The Morgan fingerprint density at radius 1 is 0.730 bits per heavy atom. The van der Waals surface area contributed by atoms with Gasteiger partial charge in [0.1, 0.15) is 53.8 Å². The van der Waals surface area contributed by atoms with Crippen LogP contribution in [0.5, 0.6) is 23.0 Å². The second kappa shape index (κ2) is 19.7. The van der Waals surface area contributed by atoms with Crippen LogP contribution in [0.2, 0.25) is 0 Å². The molecule has 0 aromatic heterocycles. The van der Waals surface area contributed by atoms with Crippen LogP contribution in [0.3, 0.4) is 0 Å². The van der Waals surface area contributed by atoms with Gasteiger partial charge in [-0.25, -0.2) is 9.18 Å². The van der Waals surface area contributed by atoms with Gasteiger partial charge in [-0.05, 0) is 68.1 Å². The van der Waals surface area contributed by atoms with Gasteiger partial charge in [-0.15, -0.1) is 0 Å². The van der Waals surface area contributed by atoms with Crippen LogP contribution >= 0.6 is 0 Å². The van der Waals surface area contributed by atoms with Gasteiger partial charge in [0.05, 0.1) is 32.3 Å². The first-order valence-corrected chi connectivity index (χ1v) is 19.7. The number of fused-ring (bicyclic) bond motifs is 6. The molecule has 336 valence electrons. The van der Waals surface area contributed by atoms with E-state index in [9.17, 15) is 58.1 Å². The van der Waals surface area contributed by atoms with E-state index in [0.29, 0.717) is 11.1 Å². The molecule has 2 aliphatic heterocycles. The van der Waals surface area contributed by atoms with E-state index in [4.69, 9.17) is 9.47 Å². The number of aromatic hydroxyl groups is 2. The molecular formula is C43H47FN4O15. The van der Waals surface area contributed by atoms with Crippen molar-refractivity contribution in [3.8, 4) is 23.0 Å². The molecule has 19 nitrogen and oxygen atoms in total. The Kier molecular flexibility index (Phi) is 14.7. The first-order chi connectivity index (χ1) is 29.8. The van der Waals surface area contributed by atoms with E-state index in [2.05, 4.69) is 30.7 Å². The predicted molar refractivity (Wildman–Crippen MR) is 215 cm³/mol. The highest BCUT2D eigenvalue weighted by Gasteiger charge is 2.54. The number of hydrogen-bond donors (Lipinski definition) is 7. The summed E-state index contributed by atoms with van der Waals surface area (Å²) < 4.78 is 34.5. The Hall–Kier alpha value is -7.09. The molecule has 5 atom stereocenters. The van der Waals surface area contributed by atoms with Gasteiger partial charge in [0, 0.05) is 40.8 Å². The Bertz CT molecular complexity index is 2260. The zero-order valence-corrected chi connectivity index (χ0v) is 34.8. The average Bonchev–Trinajstić information content (AvgIpc) is 3.53. The first-order valence-electron chi connectivity index (χ1n) is 19.7. The quantitative estimate of drug-likeness (QED) is 0.0708. The number of carbonyl (C=O) groups excluding carboxylic acids is 8. The number of halogens is 1. The number of ether oxygens (including phenoxy) is 4. The second-order valence-electron chi connectivity index (χ2n) is 15.3. The number of ketones is 1. The van der Waals surface area contributed by atoms with E-state index in [1.54, 1.807) is 13.8 Å². The molecule has 3 aromatic carbocycles. The van der Waals surface area contributed by atoms with E-state index < -0.39 is 109 Å². The minimum atomic E-state index is -1.82. The zero-order chi connectivity index (χ0) is 46.3. The van der Waals surface area contributed by atoms with Crippen molar-refractivity contribution in [2.45, 2.75) is 82.3 Å². The molecule has 0 aliphatic carbocycles. The second-order valence-corrected chi connectivity index (χ2v) is 15.3. The number of phenols is 2. The minimum absolute atomic E-state index is 0.0212. The molecule has 2 aliphatic rings. The van der Waals surface area contributed by atoms with Gasteiger partial charge in [-0.3, -0.25) is 33.6 Å². The number of carbonyl (C=O) groups is 8. The molecule has 0 saturated carbocycles. The predicted octanol–water partition coefficient (Wildman–Crippen LogP) is 1.70. The van der Waals surface area contributed by atoms with Gasteiger partial charge in [0.15, 0.2) is 11.4 Å². The van der Waals surface area contributed by atoms with Crippen molar-refractivity contribution >= 4 is 47.3 Å². The van der Waals surface area contributed by atoms with Gasteiger partial charge in [-0.2, -0.15) is 0 Å². The minimum Gasteiger partial charge on any atom is -0.508 e. The summed E-state index contributed by atoms with van der Waals surface area (Å²) in [4.78, 5) is 105. The van der Waals surface area contributed by atoms with Crippen molar-refractivity contribution < 1.29 is 77.0 Å². The van der Waals surface area contributed by atoms with Gasteiger partial charge >= 0.3 is 17.9 Å². The fourth-order valence-corrected chi connectivity index (χ4v) is 7.20.